The molecule has 0 saturated carbocycles. The van der Waals surface area contributed by atoms with Crippen LogP contribution in [0, 0.1) is 35.5 Å². The van der Waals surface area contributed by atoms with E-state index in [0.717, 1.165) is 22.3 Å². The molecule has 336 valence electrons. The maximum atomic E-state index is 14.1. The van der Waals surface area contributed by atoms with Crippen molar-refractivity contribution >= 4 is 35.3 Å². The number of methoxy groups -OCH3 is 2. The molecule has 0 heterocycles. The minimum atomic E-state index is -0.850. The third-order valence-electron chi connectivity index (χ3n) is 13.1. The molecule has 0 aromatic heterocycles. The Bertz CT molecular complexity index is 2070. The summed E-state index contributed by atoms with van der Waals surface area (Å²) in [6.07, 6.45) is 3.30. The lowest BCUT2D eigenvalue weighted by molar-refractivity contribution is -0.157. The van der Waals surface area contributed by atoms with Gasteiger partial charge in [-0.15, -0.1) is 0 Å². The Morgan fingerprint density at radius 1 is 0.453 bits per heavy atom. The number of Topliss-reactive ketones (excluding diaryl/α,β-unsaturated/α-hetero) is 2. The highest BCUT2D eigenvalue weighted by Crippen LogP contribution is 2.40. The summed E-state index contributed by atoms with van der Waals surface area (Å²) in [4.78, 5) is 82.5. The second-order valence-electron chi connectivity index (χ2n) is 17.0. The summed E-state index contributed by atoms with van der Waals surface area (Å²) in [7, 11) is 2.59. The van der Waals surface area contributed by atoms with Crippen LogP contribution in [-0.4, -0.2) is 59.3 Å². The zero-order valence-corrected chi connectivity index (χ0v) is 38.6. The van der Waals surface area contributed by atoms with Crippen molar-refractivity contribution in [1.82, 2.24) is 9.80 Å². The molecular weight excluding hydrogens is 805 g/mol. The molecule has 0 unspecified atom stereocenters. The number of nitrogens with zero attached hydrogens (tertiary/aromatic N) is 2. The van der Waals surface area contributed by atoms with Crippen molar-refractivity contribution in [3.63, 3.8) is 0 Å². The van der Waals surface area contributed by atoms with Crippen LogP contribution in [0.5, 0.6) is 0 Å². The summed E-state index contributed by atoms with van der Waals surface area (Å²) in [5.74, 6) is -6.18. The van der Waals surface area contributed by atoms with Crippen molar-refractivity contribution in [3.05, 3.63) is 167 Å². The van der Waals surface area contributed by atoms with E-state index >= 15 is 0 Å². The first-order chi connectivity index (χ1) is 30.5. The van der Waals surface area contributed by atoms with Crippen LogP contribution in [0.4, 0.5) is 0 Å². The Hall–Kier alpha value is -6.42. The van der Waals surface area contributed by atoms with Gasteiger partial charge >= 0.3 is 11.9 Å². The number of ketones is 2. The van der Waals surface area contributed by atoms with Gasteiger partial charge < -0.3 is 19.3 Å². The van der Waals surface area contributed by atoms with Gasteiger partial charge in [0.1, 0.15) is 0 Å². The highest BCUT2D eigenvalue weighted by atomic mass is 16.5. The maximum absolute atomic E-state index is 14.1. The van der Waals surface area contributed by atoms with Gasteiger partial charge in [0.25, 0.3) is 0 Å². The van der Waals surface area contributed by atoms with Crippen LogP contribution in [0.2, 0.25) is 0 Å². The average molecular weight is 867 g/mol. The molecule has 10 atom stereocenters. The summed E-state index contributed by atoms with van der Waals surface area (Å²) < 4.78 is 10.0. The van der Waals surface area contributed by atoms with Gasteiger partial charge in [-0.2, -0.15) is 0 Å². The van der Waals surface area contributed by atoms with E-state index in [0.29, 0.717) is 11.1 Å². The number of allylic oxidation sites excluding steroid dienone is 2. The quantitative estimate of drug-likeness (QED) is 0.129. The number of ether oxygens (including phenoxy) is 2. The number of hydrogen-bond acceptors (Lipinski definition) is 8. The zero-order chi connectivity index (χ0) is 46.8. The molecule has 0 aliphatic heterocycles. The Balaban J connectivity index is 0.000000241. The molecule has 64 heavy (non-hydrogen) atoms. The topological polar surface area (TPSA) is 127 Å². The Labute approximate surface area is 378 Å². The zero-order valence-electron chi connectivity index (χ0n) is 38.6. The minimum Gasteiger partial charge on any atom is -0.469 e. The van der Waals surface area contributed by atoms with Gasteiger partial charge in [0.15, 0.2) is 11.6 Å². The standard InChI is InChI=1S/2C27H31NO4/c2*1-17-16-23(24(27(31)32-5)18(2)25(17)29)26(30)28(19(3)21-12-8-6-9-13-21)20(4)22-14-10-7-11-15-22/h2*6-16,18-20,23-24H,1-5H3/t2*18-,19+,20+,23-,24+/m00/s1. The molecule has 2 aliphatic rings. The summed E-state index contributed by atoms with van der Waals surface area (Å²) in [6, 6.07) is 38.4. The van der Waals surface area contributed by atoms with Gasteiger partial charge in [-0.3, -0.25) is 28.8 Å². The normalized spacial score (nSPS) is 22.5. The highest BCUT2D eigenvalue weighted by molar-refractivity contribution is 6.04. The second kappa shape index (κ2) is 21.8. The summed E-state index contributed by atoms with van der Waals surface area (Å²) in [6.45, 7) is 14.8. The van der Waals surface area contributed by atoms with Crippen LogP contribution < -0.4 is 0 Å². The number of benzene rings is 4. The molecule has 2 aliphatic carbocycles. The largest absolute Gasteiger partial charge is 0.469 e. The molecule has 0 saturated heterocycles. The van der Waals surface area contributed by atoms with Crippen molar-refractivity contribution in [2.75, 3.05) is 14.2 Å². The lowest BCUT2D eigenvalue weighted by atomic mass is 9.72. The maximum Gasteiger partial charge on any atom is 0.310 e. The van der Waals surface area contributed by atoms with E-state index in [-0.39, 0.29) is 47.5 Å². The van der Waals surface area contributed by atoms with Gasteiger partial charge in [-0.1, -0.05) is 147 Å². The van der Waals surface area contributed by atoms with Crippen LogP contribution in [0.15, 0.2) is 145 Å². The third kappa shape index (κ3) is 10.5. The SMILES string of the molecule is COC(=O)[C@@H]1[C@H](C)C(=O)C(C)=C[C@@H]1C(=O)N([C@H](C)c1ccccc1)[C@H](C)c1ccccc1.COC(=O)[C@@H]1[C@H](C)C(=O)C(C)=C[C@@H]1C(=O)N([C@H](C)c1ccccc1)[C@H](C)c1ccccc1. The van der Waals surface area contributed by atoms with Gasteiger partial charge in [-0.25, -0.2) is 0 Å². The van der Waals surface area contributed by atoms with Crippen molar-refractivity contribution in [2.45, 2.75) is 79.6 Å². The Kier molecular flexibility index (Phi) is 16.5. The molecule has 2 amide bonds. The molecule has 0 radical (unpaired) electrons. The van der Waals surface area contributed by atoms with Crippen molar-refractivity contribution in [2.24, 2.45) is 35.5 Å². The van der Waals surface area contributed by atoms with Gasteiger partial charge in [-0.05, 0) is 74.9 Å². The van der Waals surface area contributed by atoms with Crippen LogP contribution >= 0.6 is 0 Å². The predicted molar refractivity (Wildman–Crippen MR) is 247 cm³/mol. The molecule has 0 bridgehead atoms. The molecule has 4 aromatic carbocycles. The van der Waals surface area contributed by atoms with E-state index in [9.17, 15) is 28.8 Å². The van der Waals surface area contributed by atoms with Gasteiger partial charge in [0.05, 0.1) is 62.1 Å². The molecule has 4 aromatic rings. The lowest BCUT2D eigenvalue weighted by Gasteiger charge is -2.40. The van der Waals surface area contributed by atoms with Crippen LogP contribution in [-0.2, 0) is 38.2 Å². The predicted octanol–water partition coefficient (Wildman–Crippen LogP) is 9.82. The van der Waals surface area contributed by atoms with E-state index in [4.69, 9.17) is 9.47 Å². The lowest BCUT2D eigenvalue weighted by Crippen LogP contribution is -2.48. The fourth-order valence-electron chi connectivity index (χ4n) is 9.35. The Morgan fingerprint density at radius 2 is 0.688 bits per heavy atom. The van der Waals surface area contributed by atoms with Crippen LogP contribution in [0.25, 0.3) is 0 Å². The van der Waals surface area contributed by atoms with Gasteiger partial charge in [0, 0.05) is 11.8 Å². The summed E-state index contributed by atoms with van der Waals surface area (Å²) >= 11 is 0. The molecular formula is C54H62N2O8. The molecule has 0 N–H and O–H groups in total. The van der Waals surface area contributed by atoms with Crippen LogP contribution in [0.3, 0.4) is 0 Å². The number of esters is 2. The minimum absolute atomic E-state index is 0.122. The first-order valence-electron chi connectivity index (χ1n) is 22.0. The fraction of sp³-hybridized carbons (Fsp3) is 0.370. The molecule has 0 spiro atoms. The number of carbonyl (C=O) groups excluding carboxylic acids is 6. The third-order valence-corrected chi connectivity index (χ3v) is 13.1. The van der Waals surface area contributed by atoms with E-state index in [1.54, 1.807) is 39.8 Å². The van der Waals surface area contributed by atoms with Crippen molar-refractivity contribution in [1.29, 1.82) is 0 Å². The first kappa shape index (κ1) is 48.6. The van der Waals surface area contributed by atoms with E-state index < -0.39 is 47.4 Å². The fourth-order valence-corrected chi connectivity index (χ4v) is 9.35. The van der Waals surface area contributed by atoms with Gasteiger partial charge in [0.2, 0.25) is 11.8 Å². The van der Waals surface area contributed by atoms with Crippen LogP contribution in [0.1, 0.15) is 102 Å². The molecule has 10 heteroatoms. The molecule has 0 fully saturated rings. The monoisotopic (exact) mass is 866 g/mol. The smallest absolute Gasteiger partial charge is 0.310 e. The number of amides is 2. The summed E-state index contributed by atoms with van der Waals surface area (Å²) in [5, 5.41) is 0. The van der Waals surface area contributed by atoms with E-state index in [2.05, 4.69) is 0 Å². The first-order valence-corrected chi connectivity index (χ1v) is 22.0. The average Bonchev–Trinajstić information content (AvgIpc) is 3.32. The highest BCUT2D eigenvalue weighted by Gasteiger charge is 2.48. The Morgan fingerprint density at radius 3 is 0.906 bits per heavy atom. The molecule has 10 nitrogen and oxygen atoms in total. The van der Waals surface area contributed by atoms with Crippen molar-refractivity contribution < 1.29 is 38.2 Å². The number of hydrogen-bond donors (Lipinski definition) is 0. The second-order valence-corrected chi connectivity index (χ2v) is 17.0. The summed E-state index contributed by atoms with van der Waals surface area (Å²) in [5.41, 5.74) is 5.02. The number of carbonyl (C=O) groups is 6. The van der Waals surface area contributed by atoms with E-state index in [1.165, 1.54) is 14.2 Å². The van der Waals surface area contributed by atoms with Crippen molar-refractivity contribution in [3.8, 4) is 0 Å². The molecule has 6 rings (SSSR count). The number of rotatable bonds is 12. The van der Waals surface area contributed by atoms with E-state index in [1.807, 2.05) is 159 Å².